The average molecular weight is 446 g/mol. The second-order valence-electron chi connectivity index (χ2n) is 8.27. The summed E-state index contributed by atoms with van der Waals surface area (Å²) in [5.41, 5.74) is 4.12. The van der Waals surface area contributed by atoms with Crippen LogP contribution in [0.3, 0.4) is 0 Å². The van der Waals surface area contributed by atoms with Gasteiger partial charge in [0.2, 0.25) is 5.89 Å². The van der Waals surface area contributed by atoms with Crippen LogP contribution in [0, 0.1) is 5.92 Å². The third-order valence-electron chi connectivity index (χ3n) is 5.59. The highest BCUT2D eigenvalue weighted by Crippen LogP contribution is 2.28. The Hall–Kier alpha value is -3.74. The average Bonchev–Trinajstić information content (AvgIpc) is 3.54. The number of nitrogens with one attached hydrogen (secondary N) is 1. The standard InChI is InChI=1S/C26H27N3O4/c30-24(31)7-3-1-2-6-22(21-5-4-14-27-16-21)19-10-12-20(13-11-19)26-29-23(17-33-26)25(32)28-15-18-8-9-18/h4-6,10-14,16-18H,1-3,7-9,15H2,(H,28,32)(H,30,31). The summed E-state index contributed by atoms with van der Waals surface area (Å²) >= 11 is 0. The number of nitrogens with zero attached hydrogens (tertiary/aromatic N) is 2. The molecule has 33 heavy (non-hydrogen) atoms. The molecule has 170 valence electrons. The van der Waals surface area contributed by atoms with Gasteiger partial charge in [-0.2, -0.15) is 0 Å². The fourth-order valence-electron chi connectivity index (χ4n) is 3.54. The zero-order valence-corrected chi connectivity index (χ0v) is 18.4. The van der Waals surface area contributed by atoms with E-state index < -0.39 is 5.97 Å². The molecule has 1 amide bonds. The molecule has 1 fully saturated rings. The zero-order valence-electron chi connectivity index (χ0n) is 18.4. The molecule has 0 aliphatic heterocycles. The molecule has 0 bridgehead atoms. The number of benzene rings is 1. The summed E-state index contributed by atoms with van der Waals surface area (Å²) < 4.78 is 5.55. The normalized spacial score (nSPS) is 13.6. The third-order valence-corrected chi connectivity index (χ3v) is 5.59. The Labute approximate surface area is 192 Å². The first kappa shape index (κ1) is 22.5. The van der Waals surface area contributed by atoms with E-state index in [1.807, 2.05) is 42.6 Å². The molecular weight excluding hydrogens is 418 g/mol. The van der Waals surface area contributed by atoms with Gasteiger partial charge in [-0.05, 0) is 67.4 Å². The van der Waals surface area contributed by atoms with Gasteiger partial charge in [-0.3, -0.25) is 14.6 Å². The molecule has 2 heterocycles. The molecule has 1 aromatic carbocycles. The van der Waals surface area contributed by atoms with Gasteiger partial charge in [-0.15, -0.1) is 0 Å². The molecule has 2 N–H and O–H groups in total. The summed E-state index contributed by atoms with van der Waals surface area (Å²) in [6.07, 6.45) is 11.8. The molecule has 1 aliphatic rings. The van der Waals surface area contributed by atoms with Gasteiger partial charge in [0.1, 0.15) is 6.26 Å². The lowest BCUT2D eigenvalue weighted by Crippen LogP contribution is -2.25. The second kappa shape index (κ2) is 10.7. The summed E-state index contributed by atoms with van der Waals surface area (Å²) in [7, 11) is 0. The zero-order chi connectivity index (χ0) is 23.0. The summed E-state index contributed by atoms with van der Waals surface area (Å²) in [5.74, 6) is 0.0288. The molecule has 0 radical (unpaired) electrons. The molecule has 0 atom stereocenters. The SMILES string of the molecule is O=C(O)CCCCC=C(c1ccc(-c2nc(C(=O)NCC3CC3)co2)cc1)c1cccnc1. The fraction of sp³-hybridized carbons (Fsp3) is 0.308. The Kier molecular flexibility index (Phi) is 7.29. The Morgan fingerprint density at radius 1 is 1.12 bits per heavy atom. The molecule has 1 aliphatic carbocycles. The van der Waals surface area contributed by atoms with Crippen molar-refractivity contribution in [3.63, 3.8) is 0 Å². The fourth-order valence-corrected chi connectivity index (χ4v) is 3.54. The van der Waals surface area contributed by atoms with Crippen molar-refractivity contribution in [3.05, 3.63) is 78.0 Å². The highest BCUT2D eigenvalue weighted by atomic mass is 16.4. The number of carbonyl (C=O) groups excluding carboxylic acids is 1. The van der Waals surface area contributed by atoms with Crippen LogP contribution >= 0.6 is 0 Å². The predicted molar refractivity (Wildman–Crippen MR) is 124 cm³/mol. The van der Waals surface area contributed by atoms with Crippen LogP contribution in [0.1, 0.15) is 60.1 Å². The summed E-state index contributed by atoms with van der Waals surface area (Å²) in [6.45, 7) is 0.690. The number of aromatic nitrogens is 2. The Bertz CT molecular complexity index is 1120. The van der Waals surface area contributed by atoms with E-state index in [2.05, 4.69) is 21.4 Å². The lowest BCUT2D eigenvalue weighted by Gasteiger charge is -2.09. The number of hydrogen-bond acceptors (Lipinski definition) is 5. The van der Waals surface area contributed by atoms with Crippen LogP contribution in [0.15, 0.2) is 65.5 Å². The Morgan fingerprint density at radius 2 is 1.94 bits per heavy atom. The maximum atomic E-state index is 12.2. The number of rotatable bonds is 11. The Balaban J connectivity index is 1.46. The van der Waals surface area contributed by atoms with Crippen LogP contribution in [0.5, 0.6) is 0 Å². The van der Waals surface area contributed by atoms with Crippen molar-refractivity contribution in [2.24, 2.45) is 5.92 Å². The number of unbranched alkanes of at least 4 members (excludes halogenated alkanes) is 2. The Morgan fingerprint density at radius 3 is 2.64 bits per heavy atom. The van der Waals surface area contributed by atoms with Gasteiger partial charge in [0.15, 0.2) is 5.69 Å². The smallest absolute Gasteiger partial charge is 0.303 e. The van der Waals surface area contributed by atoms with E-state index in [0.717, 1.165) is 35.1 Å². The van der Waals surface area contributed by atoms with Crippen molar-refractivity contribution < 1.29 is 19.1 Å². The molecule has 0 spiro atoms. The number of aliphatic carboxylic acids is 1. The van der Waals surface area contributed by atoms with E-state index in [1.54, 1.807) is 6.20 Å². The maximum absolute atomic E-state index is 12.2. The van der Waals surface area contributed by atoms with Gasteiger partial charge >= 0.3 is 5.97 Å². The number of carboxylic acids is 1. The number of carboxylic acid groups (broad SMARTS) is 1. The van der Waals surface area contributed by atoms with Crippen molar-refractivity contribution in [2.45, 2.75) is 38.5 Å². The van der Waals surface area contributed by atoms with E-state index in [-0.39, 0.29) is 18.0 Å². The third kappa shape index (κ3) is 6.38. The molecule has 1 saturated carbocycles. The number of oxazole rings is 1. The molecule has 3 aromatic rings. The number of hydrogen-bond donors (Lipinski definition) is 2. The van der Waals surface area contributed by atoms with Crippen molar-refractivity contribution in [3.8, 4) is 11.5 Å². The van der Waals surface area contributed by atoms with E-state index in [9.17, 15) is 9.59 Å². The first-order valence-corrected chi connectivity index (χ1v) is 11.3. The van der Waals surface area contributed by atoms with E-state index in [0.29, 0.717) is 24.8 Å². The molecule has 0 saturated heterocycles. The van der Waals surface area contributed by atoms with Crippen molar-refractivity contribution in [1.29, 1.82) is 0 Å². The van der Waals surface area contributed by atoms with Crippen LogP contribution in [0.25, 0.3) is 17.0 Å². The van der Waals surface area contributed by atoms with E-state index in [4.69, 9.17) is 9.52 Å². The van der Waals surface area contributed by atoms with E-state index >= 15 is 0 Å². The van der Waals surface area contributed by atoms with Crippen molar-refractivity contribution in [1.82, 2.24) is 15.3 Å². The number of allylic oxidation sites excluding steroid dienone is 1. The topological polar surface area (TPSA) is 105 Å². The number of pyridine rings is 1. The van der Waals surface area contributed by atoms with Crippen LogP contribution < -0.4 is 5.32 Å². The largest absolute Gasteiger partial charge is 0.481 e. The van der Waals surface area contributed by atoms with Crippen molar-refractivity contribution >= 4 is 17.4 Å². The molecule has 4 rings (SSSR count). The van der Waals surface area contributed by atoms with Crippen molar-refractivity contribution in [2.75, 3.05) is 6.54 Å². The van der Waals surface area contributed by atoms with Gasteiger partial charge in [-0.1, -0.05) is 24.3 Å². The quantitative estimate of drug-likeness (QED) is 0.405. The lowest BCUT2D eigenvalue weighted by atomic mass is 9.96. The minimum atomic E-state index is -0.767. The molecule has 7 heteroatoms. The van der Waals surface area contributed by atoms with Crippen LogP contribution in [0.4, 0.5) is 0 Å². The van der Waals surface area contributed by atoms with Gasteiger partial charge in [-0.25, -0.2) is 4.98 Å². The highest BCUT2D eigenvalue weighted by Gasteiger charge is 2.23. The van der Waals surface area contributed by atoms with Crippen LogP contribution in [-0.2, 0) is 4.79 Å². The monoisotopic (exact) mass is 445 g/mol. The van der Waals surface area contributed by atoms with Crippen LogP contribution in [-0.4, -0.2) is 33.5 Å². The summed E-state index contributed by atoms with van der Waals surface area (Å²) in [5, 5.41) is 11.7. The first-order valence-electron chi connectivity index (χ1n) is 11.3. The number of carbonyl (C=O) groups is 2. The van der Waals surface area contributed by atoms with E-state index in [1.165, 1.54) is 19.1 Å². The molecule has 0 unspecified atom stereocenters. The van der Waals surface area contributed by atoms with Gasteiger partial charge in [0.05, 0.1) is 0 Å². The number of amides is 1. The van der Waals surface area contributed by atoms with Crippen LogP contribution in [0.2, 0.25) is 0 Å². The first-order chi connectivity index (χ1) is 16.1. The van der Waals surface area contributed by atoms with Gasteiger partial charge in [0.25, 0.3) is 5.91 Å². The van der Waals surface area contributed by atoms with Gasteiger partial charge < -0.3 is 14.8 Å². The second-order valence-corrected chi connectivity index (χ2v) is 8.27. The minimum absolute atomic E-state index is 0.182. The molecular formula is C26H27N3O4. The van der Waals surface area contributed by atoms with Gasteiger partial charge in [0, 0.05) is 36.5 Å². The lowest BCUT2D eigenvalue weighted by molar-refractivity contribution is -0.137. The maximum Gasteiger partial charge on any atom is 0.303 e. The molecule has 7 nitrogen and oxygen atoms in total. The summed E-state index contributed by atoms with van der Waals surface area (Å²) in [6, 6.07) is 11.7. The minimum Gasteiger partial charge on any atom is -0.481 e. The highest BCUT2D eigenvalue weighted by molar-refractivity contribution is 5.92. The summed E-state index contributed by atoms with van der Waals surface area (Å²) in [4.78, 5) is 31.5. The predicted octanol–water partition coefficient (Wildman–Crippen LogP) is 4.95. The molecule has 2 aromatic heterocycles.